The fourth-order valence-corrected chi connectivity index (χ4v) is 6.32. The predicted molar refractivity (Wildman–Crippen MR) is 83.1 cm³/mol. The zero-order valence-electron chi connectivity index (χ0n) is 11.8. The number of hydrogen-bond acceptors (Lipinski definition) is 4. The molecule has 3 saturated heterocycles. The second-order valence-electron chi connectivity index (χ2n) is 6.38. The first kappa shape index (κ1) is 14.3. The van der Waals surface area contributed by atoms with Crippen LogP contribution in [0, 0.1) is 5.92 Å². The third-order valence-electron chi connectivity index (χ3n) is 5.01. The third-order valence-corrected chi connectivity index (χ3v) is 7.53. The molecule has 0 amide bonds. The molecule has 3 aliphatic heterocycles. The fraction of sp³-hybridized carbons (Fsp3) is 0.933. The number of carbonyl (C=O) groups excluding carboxylic acids is 1. The van der Waals surface area contributed by atoms with Crippen molar-refractivity contribution in [3.05, 3.63) is 0 Å². The fourth-order valence-electron chi connectivity index (χ4n) is 3.75. The predicted octanol–water partition coefficient (Wildman–Crippen LogP) is 3.53. The van der Waals surface area contributed by atoms with E-state index in [0.29, 0.717) is 5.78 Å². The molecule has 2 unspecified atom stereocenters. The van der Waals surface area contributed by atoms with Gasteiger partial charge in [0.2, 0.25) is 0 Å². The normalized spacial score (nSPS) is 38.5. The van der Waals surface area contributed by atoms with E-state index in [2.05, 4.69) is 6.92 Å². The minimum Gasteiger partial charge on any atom is -0.375 e. The lowest BCUT2D eigenvalue weighted by molar-refractivity contribution is -0.140. The Hall–Kier alpha value is 0.330. The summed E-state index contributed by atoms with van der Waals surface area (Å²) < 4.78 is 6.02. The van der Waals surface area contributed by atoms with E-state index in [1.54, 1.807) is 0 Å². The standard InChI is InChI=1S/C15H24O2S2/c1-14(4-2-8-19-14)13(16)12-3-7-17-15(11-12)5-9-18-10-6-15/h12H,2-11H2,1H3. The van der Waals surface area contributed by atoms with Gasteiger partial charge in [-0.05, 0) is 62.7 Å². The Morgan fingerprint density at radius 1 is 1.21 bits per heavy atom. The summed E-state index contributed by atoms with van der Waals surface area (Å²) in [4.78, 5) is 12.9. The summed E-state index contributed by atoms with van der Waals surface area (Å²) in [5.41, 5.74) is 0.0451. The highest BCUT2D eigenvalue weighted by atomic mass is 32.2. The summed E-state index contributed by atoms with van der Waals surface area (Å²) in [6.45, 7) is 2.97. The Bertz CT molecular complexity index is 339. The first-order valence-electron chi connectivity index (χ1n) is 7.54. The van der Waals surface area contributed by atoms with Gasteiger partial charge >= 0.3 is 0 Å². The molecule has 3 heterocycles. The maximum absolute atomic E-state index is 12.9. The molecule has 0 aromatic heterocycles. The molecule has 0 aromatic rings. The number of thioether (sulfide) groups is 2. The number of ketones is 1. The monoisotopic (exact) mass is 300 g/mol. The molecule has 3 rings (SSSR count). The van der Waals surface area contributed by atoms with E-state index in [1.807, 2.05) is 23.5 Å². The lowest BCUT2D eigenvalue weighted by Crippen LogP contribution is -2.47. The van der Waals surface area contributed by atoms with Crippen molar-refractivity contribution in [3.63, 3.8) is 0 Å². The van der Waals surface area contributed by atoms with Crippen LogP contribution in [0.5, 0.6) is 0 Å². The maximum atomic E-state index is 12.9. The molecule has 0 radical (unpaired) electrons. The lowest BCUT2D eigenvalue weighted by atomic mass is 9.77. The second-order valence-corrected chi connectivity index (χ2v) is 9.20. The van der Waals surface area contributed by atoms with Crippen LogP contribution in [0.4, 0.5) is 0 Å². The van der Waals surface area contributed by atoms with Gasteiger partial charge in [0.25, 0.3) is 0 Å². The Labute approximate surface area is 124 Å². The molecule has 0 N–H and O–H groups in total. The highest BCUT2D eigenvalue weighted by molar-refractivity contribution is 8.01. The SMILES string of the molecule is CC1(C(=O)C2CCOC3(CCSCC3)C2)CCCS1. The van der Waals surface area contributed by atoms with E-state index < -0.39 is 0 Å². The van der Waals surface area contributed by atoms with Crippen molar-refractivity contribution in [3.8, 4) is 0 Å². The lowest BCUT2D eigenvalue weighted by Gasteiger charge is -2.44. The Morgan fingerprint density at radius 3 is 2.68 bits per heavy atom. The van der Waals surface area contributed by atoms with Crippen molar-refractivity contribution < 1.29 is 9.53 Å². The maximum Gasteiger partial charge on any atom is 0.151 e. The molecular formula is C15H24O2S2. The van der Waals surface area contributed by atoms with Crippen LogP contribution in [0.3, 0.4) is 0 Å². The average molecular weight is 300 g/mol. The molecule has 0 bridgehead atoms. The number of Topliss-reactive ketones (excluding diaryl/α,β-unsaturated/α-hetero) is 1. The van der Waals surface area contributed by atoms with Crippen LogP contribution >= 0.6 is 23.5 Å². The Morgan fingerprint density at radius 2 is 2.00 bits per heavy atom. The van der Waals surface area contributed by atoms with Crippen molar-refractivity contribution >= 4 is 29.3 Å². The second kappa shape index (κ2) is 5.61. The van der Waals surface area contributed by atoms with Gasteiger partial charge in [-0.1, -0.05) is 0 Å². The van der Waals surface area contributed by atoms with Gasteiger partial charge < -0.3 is 4.74 Å². The molecule has 19 heavy (non-hydrogen) atoms. The van der Waals surface area contributed by atoms with E-state index in [9.17, 15) is 4.79 Å². The highest BCUT2D eigenvalue weighted by Crippen LogP contribution is 2.45. The van der Waals surface area contributed by atoms with Crippen LogP contribution in [0.25, 0.3) is 0 Å². The van der Waals surface area contributed by atoms with Gasteiger partial charge in [-0.3, -0.25) is 4.79 Å². The molecular weight excluding hydrogens is 276 g/mol. The summed E-state index contributed by atoms with van der Waals surface area (Å²) in [6, 6.07) is 0. The Kier molecular flexibility index (Phi) is 4.21. The van der Waals surface area contributed by atoms with Gasteiger partial charge in [-0.25, -0.2) is 0 Å². The van der Waals surface area contributed by atoms with Crippen LogP contribution in [-0.4, -0.2) is 40.0 Å². The number of rotatable bonds is 2. The van der Waals surface area contributed by atoms with E-state index in [-0.39, 0.29) is 16.3 Å². The van der Waals surface area contributed by atoms with Crippen molar-refractivity contribution in [2.75, 3.05) is 23.9 Å². The molecule has 4 heteroatoms. The average Bonchev–Trinajstić information content (AvgIpc) is 2.87. The molecule has 3 fully saturated rings. The van der Waals surface area contributed by atoms with E-state index in [4.69, 9.17) is 4.74 Å². The van der Waals surface area contributed by atoms with Gasteiger partial charge in [0, 0.05) is 12.5 Å². The van der Waals surface area contributed by atoms with E-state index in [0.717, 1.165) is 44.5 Å². The van der Waals surface area contributed by atoms with Crippen LogP contribution in [0.2, 0.25) is 0 Å². The van der Waals surface area contributed by atoms with Gasteiger partial charge in [-0.15, -0.1) is 11.8 Å². The molecule has 1 spiro atoms. The Balaban J connectivity index is 1.69. The van der Waals surface area contributed by atoms with E-state index >= 15 is 0 Å². The number of hydrogen-bond donors (Lipinski definition) is 0. The van der Waals surface area contributed by atoms with Gasteiger partial charge in [0.15, 0.2) is 5.78 Å². The molecule has 0 saturated carbocycles. The van der Waals surface area contributed by atoms with Crippen LogP contribution in [0.1, 0.15) is 45.4 Å². The minimum atomic E-state index is -0.0907. The first-order chi connectivity index (χ1) is 9.14. The minimum absolute atomic E-state index is 0.0451. The van der Waals surface area contributed by atoms with E-state index in [1.165, 1.54) is 17.9 Å². The number of ether oxygens (including phenoxy) is 1. The van der Waals surface area contributed by atoms with Crippen LogP contribution < -0.4 is 0 Å². The third kappa shape index (κ3) is 2.86. The first-order valence-corrected chi connectivity index (χ1v) is 9.68. The summed E-state index contributed by atoms with van der Waals surface area (Å²) >= 11 is 3.91. The van der Waals surface area contributed by atoms with Gasteiger partial charge in [0.05, 0.1) is 10.3 Å². The van der Waals surface area contributed by atoms with Crippen molar-refractivity contribution in [1.29, 1.82) is 0 Å². The van der Waals surface area contributed by atoms with Gasteiger partial charge in [0.1, 0.15) is 0 Å². The number of carbonyl (C=O) groups is 1. The van der Waals surface area contributed by atoms with Crippen molar-refractivity contribution in [2.24, 2.45) is 5.92 Å². The van der Waals surface area contributed by atoms with Crippen molar-refractivity contribution in [1.82, 2.24) is 0 Å². The van der Waals surface area contributed by atoms with Crippen LogP contribution in [0.15, 0.2) is 0 Å². The topological polar surface area (TPSA) is 26.3 Å². The molecule has 0 aromatic carbocycles. The summed E-state index contributed by atoms with van der Waals surface area (Å²) in [6.07, 6.45) is 6.51. The molecule has 0 aliphatic carbocycles. The summed E-state index contributed by atoms with van der Waals surface area (Å²) in [7, 11) is 0. The van der Waals surface area contributed by atoms with Gasteiger partial charge in [-0.2, -0.15) is 11.8 Å². The zero-order valence-corrected chi connectivity index (χ0v) is 13.4. The molecule has 3 aliphatic rings. The highest BCUT2D eigenvalue weighted by Gasteiger charge is 2.46. The van der Waals surface area contributed by atoms with Crippen molar-refractivity contribution in [2.45, 2.75) is 55.8 Å². The molecule has 2 atom stereocenters. The smallest absolute Gasteiger partial charge is 0.151 e. The molecule has 108 valence electrons. The molecule has 2 nitrogen and oxygen atoms in total. The zero-order chi connectivity index (χ0) is 13.3. The largest absolute Gasteiger partial charge is 0.375 e. The quantitative estimate of drug-likeness (QED) is 0.779. The summed E-state index contributed by atoms with van der Waals surface area (Å²) in [5.74, 6) is 4.34. The summed E-state index contributed by atoms with van der Waals surface area (Å²) in [5, 5.41) is 0. The van der Waals surface area contributed by atoms with Crippen LogP contribution in [-0.2, 0) is 9.53 Å².